The normalized spacial score (nSPS) is 14.4. The summed E-state index contributed by atoms with van der Waals surface area (Å²) in [6, 6.07) is 16.7. The Hall–Kier alpha value is -3.20. The largest absolute Gasteiger partial charge is 0.323 e. The quantitative estimate of drug-likeness (QED) is 0.697. The number of tetrazole rings is 1. The van der Waals surface area contributed by atoms with Gasteiger partial charge in [-0.2, -0.15) is 4.68 Å². The van der Waals surface area contributed by atoms with E-state index in [9.17, 15) is 9.59 Å². The van der Waals surface area contributed by atoms with E-state index in [2.05, 4.69) is 20.8 Å². The molecule has 1 atom stereocenters. The van der Waals surface area contributed by atoms with Gasteiger partial charge in [-0.05, 0) is 41.6 Å². The fourth-order valence-electron chi connectivity index (χ4n) is 2.84. The van der Waals surface area contributed by atoms with Crippen molar-refractivity contribution in [3.8, 4) is 5.69 Å². The highest BCUT2D eigenvalue weighted by Crippen LogP contribution is 2.32. The number of nitrogens with one attached hydrogen (secondary N) is 1. The summed E-state index contributed by atoms with van der Waals surface area (Å²) in [5.74, 6) is -0.390. The molecule has 2 amide bonds. The SMILES string of the molecule is C[C@H](Sc1nnnn1-c1ccccc1)C(=O)N1CC(=O)Nc2ccccc21. The van der Waals surface area contributed by atoms with Crippen molar-refractivity contribution >= 4 is 35.0 Å². The van der Waals surface area contributed by atoms with E-state index in [0.29, 0.717) is 16.5 Å². The van der Waals surface area contributed by atoms with E-state index in [4.69, 9.17) is 0 Å². The van der Waals surface area contributed by atoms with Gasteiger partial charge in [-0.1, -0.05) is 42.1 Å². The molecule has 1 N–H and O–H groups in total. The molecule has 0 saturated carbocycles. The van der Waals surface area contributed by atoms with Gasteiger partial charge in [0.2, 0.25) is 17.0 Å². The second-order valence-electron chi connectivity index (χ2n) is 5.96. The first-order valence-corrected chi connectivity index (χ1v) is 9.22. The maximum atomic E-state index is 13.0. The van der Waals surface area contributed by atoms with Crippen LogP contribution in [0.2, 0.25) is 0 Å². The third-order valence-electron chi connectivity index (χ3n) is 4.11. The molecular weight excluding hydrogens is 364 g/mol. The number of anilines is 2. The average molecular weight is 380 g/mol. The van der Waals surface area contributed by atoms with Crippen LogP contribution in [-0.2, 0) is 9.59 Å². The number of para-hydroxylation sites is 3. The van der Waals surface area contributed by atoms with Crippen molar-refractivity contribution in [2.75, 3.05) is 16.8 Å². The number of rotatable bonds is 4. The minimum absolute atomic E-state index is 0.00955. The number of carbonyl (C=O) groups excluding carboxylic acids is 2. The van der Waals surface area contributed by atoms with E-state index in [0.717, 1.165) is 5.69 Å². The molecule has 0 saturated heterocycles. The van der Waals surface area contributed by atoms with Gasteiger partial charge in [0.05, 0.1) is 22.3 Å². The Bertz CT molecular complexity index is 990. The number of thioether (sulfide) groups is 1. The Balaban J connectivity index is 1.57. The molecule has 1 aliphatic heterocycles. The average Bonchev–Trinajstić information content (AvgIpc) is 3.15. The third kappa shape index (κ3) is 3.41. The van der Waals surface area contributed by atoms with E-state index >= 15 is 0 Å². The number of fused-ring (bicyclic) bond motifs is 1. The molecule has 9 heteroatoms. The molecule has 0 spiro atoms. The van der Waals surface area contributed by atoms with E-state index in [1.807, 2.05) is 48.5 Å². The molecule has 2 heterocycles. The number of benzene rings is 2. The summed E-state index contributed by atoms with van der Waals surface area (Å²) < 4.78 is 1.59. The van der Waals surface area contributed by atoms with Crippen LogP contribution in [0.5, 0.6) is 0 Å². The summed E-state index contributed by atoms with van der Waals surface area (Å²) >= 11 is 1.25. The Kier molecular flexibility index (Phi) is 4.59. The summed E-state index contributed by atoms with van der Waals surface area (Å²) in [6.07, 6.45) is 0. The van der Waals surface area contributed by atoms with Crippen LogP contribution in [0.3, 0.4) is 0 Å². The Labute approximate surface area is 159 Å². The minimum atomic E-state index is -0.475. The molecule has 4 rings (SSSR count). The van der Waals surface area contributed by atoms with Crippen LogP contribution in [0.15, 0.2) is 59.8 Å². The number of hydrogen-bond acceptors (Lipinski definition) is 6. The molecule has 0 unspecified atom stereocenters. The summed E-state index contributed by atoms with van der Waals surface area (Å²) in [7, 11) is 0. The van der Waals surface area contributed by atoms with Crippen LogP contribution in [-0.4, -0.2) is 43.8 Å². The summed E-state index contributed by atoms with van der Waals surface area (Å²) in [5, 5.41) is 14.6. The first-order valence-electron chi connectivity index (χ1n) is 8.34. The van der Waals surface area contributed by atoms with E-state index in [-0.39, 0.29) is 18.4 Å². The monoisotopic (exact) mass is 380 g/mol. The van der Waals surface area contributed by atoms with E-state index in [1.165, 1.54) is 16.7 Å². The zero-order valence-corrected chi connectivity index (χ0v) is 15.3. The molecule has 1 aliphatic rings. The highest BCUT2D eigenvalue weighted by molar-refractivity contribution is 8.00. The van der Waals surface area contributed by atoms with Crippen LogP contribution >= 0.6 is 11.8 Å². The van der Waals surface area contributed by atoms with Crippen LogP contribution < -0.4 is 10.2 Å². The maximum Gasteiger partial charge on any atom is 0.244 e. The van der Waals surface area contributed by atoms with Crippen LogP contribution in [0.4, 0.5) is 11.4 Å². The van der Waals surface area contributed by atoms with Gasteiger partial charge in [0.25, 0.3) is 0 Å². The molecule has 3 aromatic rings. The van der Waals surface area contributed by atoms with Crippen LogP contribution in [0.25, 0.3) is 5.69 Å². The van der Waals surface area contributed by atoms with Gasteiger partial charge in [0.1, 0.15) is 6.54 Å². The number of amides is 2. The molecule has 0 radical (unpaired) electrons. The first kappa shape index (κ1) is 17.2. The van der Waals surface area contributed by atoms with Crippen molar-refractivity contribution < 1.29 is 9.59 Å². The van der Waals surface area contributed by atoms with Gasteiger partial charge in [0, 0.05) is 0 Å². The number of aromatic nitrogens is 4. The summed E-state index contributed by atoms with van der Waals surface area (Å²) in [5.41, 5.74) is 2.14. The lowest BCUT2D eigenvalue weighted by molar-refractivity contribution is -0.121. The minimum Gasteiger partial charge on any atom is -0.323 e. The van der Waals surface area contributed by atoms with Crippen molar-refractivity contribution in [2.45, 2.75) is 17.3 Å². The number of carbonyl (C=O) groups is 2. The lowest BCUT2D eigenvalue weighted by Crippen LogP contribution is -2.45. The van der Waals surface area contributed by atoms with Gasteiger partial charge in [0.15, 0.2) is 0 Å². The molecule has 1 aromatic heterocycles. The van der Waals surface area contributed by atoms with Crippen molar-refractivity contribution in [1.82, 2.24) is 20.2 Å². The van der Waals surface area contributed by atoms with Gasteiger partial charge >= 0.3 is 0 Å². The van der Waals surface area contributed by atoms with E-state index < -0.39 is 5.25 Å². The smallest absolute Gasteiger partial charge is 0.244 e. The Morgan fingerprint density at radius 3 is 2.70 bits per heavy atom. The molecule has 0 fully saturated rings. The van der Waals surface area contributed by atoms with Gasteiger partial charge in [-0.25, -0.2) is 0 Å². The van der Waals surface area contributed by atoms with Gasteiger partial charge < -0.3 is 5.32 Å². The van der Waals surface area contributed by atoms with Crippen molar-refractivity contribution in [3.63, 3.8) is 0 Å². The highest BCUT2D eigenvalue weighted by atomic mass is 32.2. The zero-order valence-electron chi connectivity index (χ0n) is 14.4. The predicted octanol–water partition coefficient (Wildman–Crippen LogP) is 2.13. The number of nitrogens with zero attached hydrogens (tertiary/aromatic N) is 5. The van der Waals surface area contributed by atoms with Crippen molar-refractivity contribution in [1.29, 1.82) is 0 Å². The second-order valence-corrected chi connectivity index (χ2v) is 7.27. The topological polar surface area (TPSA) is 93.0 Å². The molecular formula is C18H16N6O2S. The predicted molar refractivity (Wildman–Crippen MR) is 102 cm³/mol. The Morgan fingerprint density at radius 2 is 1.89 bits per heavy atom. The fourth-order valence-corrected chi connectivity index (χ4v) is 3.71. The Morgan fingerprint density at radius 1 is 1.15 bits per heavy atom. The molecule has 136 valence electrons. The van der Waals surface area contributed by atoms with Gasteiger partial charge in [-0.3, -0.25) is 14.5 Å². The van der Waals surface area contributed by atoms with Crippen LogP contribution in [0.1, 0.15) is 6.92 Å². The lowest BCUT2D eigenvalue weighted by Gasteiger charge is -2.30. The molecule has 27 heavy (non-hydrogen) atoms. The zero-order chi connectivity index (χ0) is 18.8. The first-order chi connectivity index (χ1) is 13.1. The molecule has 8 nitrogen and oxygen atoms in total. The molecule has 2 aromatic carbocycles. The summed E-state index contributed by atoms with van der Waals surface area (Å²) in [6.45, 7) is 1.77. The summed E-state index contributed by atoms with van der Waals surface area (Å²) in [4.78, 5) is 26.5. The van der Waals surface area contributed by atoms with E-state index in [1.54, 1.807) is 17.7 Å². The van der Waals surface area contributed by atoms with Crippen LogP contribution in [0, 0.1) is 0 Å². The fraction of sp³-hybridized carbons (Fsp3) is 0.167. The van der Waals surface area contributed by atoms with Crippen molar-refractivity contribution in [3.05, 3.63) is 54.6 Å². The van der Waals surface area contributed by atoms with Crippen molar-refractivity contribution in [2.24, 2.45) is 0 Å². The standard InChI is InChI=1S/C18H16N6O2S/c1-12(27-18-20-21-22-24(18)13-7-3-2-4-8-13)17(26)23-11-16(25)19-14-9-5-6-10-15(14)23/h2-10,12H,11H2,1H3,(H,19,25)/t12-/m0/s1. The molecule has 0 bridgehead atoms. The number of hydrogen-bond donors (Lipinski definition) is 1. The second kappa shape index (κ2) is 7.20. The van der Waals surface area contributed by atoms with Gasteiger partial charge in [-0.15, -0.1) is 5.10 Å². The molecule has 0 aliphatic carbocycles. The maximum absolute atomic E-state index is 13.0. The lowest BCUT2D eigenvalue weighted by atomic mass is 10.2. The third-order valence-corrected chi connectivity index (χ3v) is 5.13. The highest BCUT2D eigenvalue weighted by Gasteiger charge is 2.31.